The highest BCUT2D eigenvalue weighted by atomic mass is 35.5. The normalized spacial score (nSPS) is 28.0. The predicted octanol–water partition coefficient (Wildman–Crippen LogP) is 4.35. The summed E-state index contributed by atoms with van der Waals surface area (Å²) in [6, 6.07) is 6.79. The lowest BCUT2D eigenvalue weighted by Gasteiger charge is -2.21. The number of hydrogen-bond acceptors (Lipinski definition) is 1. The first-order valence-electron chi connectivity index (χ1n) is 5.90. The zero-order valence-electron chi connectivity index (χ0n) is 9.84. The van der Waals surface area contributed by atoms with Gasteiger partial charge in [0, 0.05) is 5.02 Å². The van der Waals surface area contributed by atoms with E-state index in [-0.39, 0.29) is 11.2 Å². The van der Waals surface area contributed by atoms with Crippen molar-refractivity contribution in [3.05, 3.63) is 34.6 Å². The number of nitriles is 1. The third kappa shape index (κ3) is 2.61. The number of nitrogens with zero attached hydrogens (tertiary/aromatic N) is 1. The van der Waals surface area contributed by atoms with Crippen molar-refractivity contribution in [3.8, 4) is 6.07 Å². The first-order valence-corrected chi connectivity index (χ1v) is 6.28. The van der Waals surface area contributed by atoms with Crippen LogP contribution >= 0.6 is 11.6 Å². The van der Waals surface area contributed by atoms with Crippen molar-refractivity contribution in [2.45, 2.75) is 32.6 Å². The summed E-state index contributed by atoms with van der Waals surface area (Å²) in [6.07, 6.45) is 3.40. The number of rotatable bonds is 2. The van der Waals surface area contributed by atoms with E-state index in [0.29, 0.717) is 17.4 Å². The monoisotopic (exact) mass is 251 g/mol. The fourth-order valence-electron chi connectivity index (χ4n) is 2.74. The molecule has 1 nitrogen and oxygen atoms in total. The number of halogens is 2. The lowest BCUT2D eigenvalue weighted by Crippen LogP contribution is -2.18. The van der Waals surface area contributed by atoms with Gasteiger partial charge >= 0.3 is 0 Å². The maximum Gasteiger partial charge on any atom is 0.123 e. The molecule has 1 aromatic rings. The fourth-order valence-corrected chi connectivity index (χ4v) is 2.92. The Hall–Kier alpha value is -1.07. The molecule has 2 rings (SSSR count). The Kier molecular flexibility index (Phi) is 3.40. The maximum atomic E-state index is 13.2. The van der Waals surface area contributed by atoms with E-state index < -0.39 is 0 Å². The van der Waals surface area contributed by atoms with Gasteiger partial charge in [0.25, 0.3) is 0 Å². The standard InChI is InChI=1S/C14H15ClFN/c1-10-4-5-14(7-10,9-17)8-11-6-12(16)2-3-13(11)15/h2-3,6,10H,4-5,7-8H2,1H3. The Morgan fingerprint density at radius 1 is 1.59 bits per heavy atom. The van der Waals surface area contributed by atoms with Crippen LogP contribution in [-0.2, 0) is 6.42 Å². The van der Waals surface area contributed by atoms with Gasteiger partial charge in [0.2, 0.25) is 0 Å². The van der Waals surface area contributed by atoms with Crippen molar-refractivity contribution in [3.63, 3.8) is 0 Å². The van der Waals surface area contributed by atoms with Crippen LogP contribution in [-0.4, -0.2) is 0 Å². The molecule has 1 fully saturated rings. The fraction of sp³-hybridized carbons (Fsp3) is 0.500. The third-order valence-electron chi connectivity index (χ3n) is 3.63. The summed E-state index contributed by atoms with van der Waals surface area (Å²) in [5, 5.41) is 9.93. The number of benzene rings is 1. The average Bonchev–Trinajstić information content (AvgIpc) is 2.66. The minimum absolute atomic E-state index is 0.288. The van der Waals surface area contributed by atoms with E-state index in [1.807, 2.05) is 0 Å². The molecule has 0 spiro atoms. The summed E-state index contributed by atoms with van der Waals surface area (Å²) in [4.78, 5) is 0. The van der Waals surface area contributed by atoms with E-state index in [1.165, 1.54) is 12.1 Å². The second kappa shape index (κ2) is 4.66. The van der Waals surface area contributed by atoms with E-state index in [2.05, 4.69) is 13.0 Å². The van der Waals surface area contributed by atoms with Crippen LogP contribution in [0, 0.1) is 28.5 Å². The maximum absolute atomic E-state index is 13.2. The van der Waals surface area contributed by atoms with Crippen LogP contribution in [0.3, 0.4) is 0 Å². The molecule has 0 radical (unpaired) electrons. The molecule has 1 aromatic carbocycles. The van der Waals surface area contributed by atoms with Crippen LogP contribution in [0.5, 0.6) is 0 Å². The molecule has 0 N–H and O–H groups in total. The SMILES string of the molecule is CC1CCC(C#N)(Cc2cc(F)ccc2Cl)C1. The molecular weight excluding hydrogens is 237 g/mol. The van der Waals surface area contributed by atoms with Crippen LogP contribution in [0.4, 0.5) is 4.39 Å². The minimum atomic E-state index is -0.350. The lowest BCUT2D eigenvalue weighted by atomic mass is 9.81. The zero-order chi connectivity index (χ0) is 12.5. The van der Waals surface area contributed by atoms with Crippen LogP contribution in [0.2, 0.25) is 5.02 Å². The second-order valence-corrected chi connectivity index (χ2v) is 5.56. The Labute approximate surface area is 106 Å². The minimum Gasteiger partial charge on any atom is -0.207 e. The molecular formula is C14H15ClFN. The molecule has 0 amide bonds. The van der Waals surface area contributed by atoms with Crippen LogP contribution in [0.25, 0.3) is 0 Å². The molecule has 2 unspecified atom stereocenters. The summed E-state index contributed by atoms with van der Waals surface area (Å²) in [7, 11) is 0. The van der Waals surface area contributed by atoms with E-state index >= 15 is 0 Å². The highest BCUT2D eigenvalue weighted by Crippen LogP contribution is 2.44. The van der Waals surface area contributed by atoms with Gasteiger partial charge in [0.15, 0.2) is 0 Å². The summed E-state index contributed by atoms with van der Waals surface area (Å²) in [5.74, 6) is 0.283. The van der Waals surface area contributed by atoms with Gasteiger partial charge in [0.1, 0.15) is 5.82 Å². The number of hydrogen-bond donors (Lipinski definition) is 0. The summed E-state index contributed by atoms with van der Waals surface area (Å²) in [5.41, 5.74) is 0.402. The molecule has 2 atom stereocenters. The first kappa shape index (κ1) is 12.4. The van der Waals surface area contributed by atoms with Gasteiger partial charge in [0.05, 0.1) is 11.5 Å². The highest BCUT2D eigenvalue weighted by Gasteiger charge is 2.38. The van der Waals surface area contributed by atoms with Crippen molar-refractivity contribution in [2.24, 2.45) is 11.3 Å². The molecule has 90 valence electrons. The smallest absolute Gasteiger partial charge is 0.123 e. The van der Waals surface area contributed by atoms with Gasteiger partial charge in [-0.2, -0.15) is 5.26 Å². The second-order valence-electron chi connectivity index (χ2n) is 5.15. The summed E-state index contributed by atoms with van der Waals surface area (Å²) in [6.45, 7) is 2.16. The molecule has 0 aromatic heterocycles. The molecule has 1 aliphatic carbocycles. The quantitative estimate of drug-likeness (QED) is 0.767. The van der Waals surface area contributed by atoms with Gasteiger partial charge in [-0.3, -0.25) is 0 Å². The largest absolute Gasteiger partial charge is 0.207 e. The zero-order valence-corrected chi connectivity index (χ0v) is 10.6. The van der Waals surface area contributed by atoms with Crippen molar-refractivity contribution in [2.75, 3.05) is 0 Å². The molecule has 3 heteroatoms. The van der Waals surface area contributed by atoms with Crippen molar-refractivity contribution in [1.29, 1.82) is 5.26 Å². The van der Waals surface area contributed by atoms with Crippen molar-refractivity contribution >= 4 is 11.6 Å². The Morgan fingerprint density at radius 2 is 2.35 bits per heavy atom. The topological polar surface area (TPSA) is 23.8 Å². The van der Waals surface area contributed by atoms with Crippen LogP contribution < -0.4 is 0 Å². The highest BCUT2D eigenvalue weighted by molar-refractivity contribution is 6.31. The van der Waals surface area contributed by atoms with Crippen LogP contribution in [0.1, 0.15) is 31.7 Å². The van der Waals surface area contributed by atoms with Crippen LogP contribution in [0.15, 0.2) is 18.2 Å². The first-order chi connectivity index (χ1) is 8.04. The molecule has 1 aliphatic rings. The third-order valence-corrected chi connectivity index (χ3v) is 4.00. The average molecular weight is 252 g/mol. The van der Waals surface area contributed by atoms with E-state index in [1.54, 1.807) is 6.07 Å². The van der Waals surface area contributed by atoms with E-state index in [9.17, 15) is 9.65 Å². The summed E-state index contributed by atoms with van der Waals surface area (Å²) < 4.78 is 13.2. The lowest BCUT2D eigenvalue weighted by molar-refractivity contribution is 0.390. The van der Waals surface area contributed by atoms with Gasteiger partial charge in [-0.1, -0.05) is 18.5 Å². The predicted molar refractivity (Wildman–Crippen MR) is 66.2 cm³/mol. The van der Waals surface area contributed by atoms with Gasteiger partial charge in [-0.05, 0) is 55.4 Å². The van der Waals surface area contributed by atoms with Crippen molar-refractivity contribution in [1.82, 2.24) is 0 Å². The van der Waals surface area contributed by atoms with Gasteiger partial charge < -0.3 is 0 Å². The van der Waals surface area contributed by atoms with Crippen molar-refractivity contribution < 1.29 is 4.39 Å². The molecule has 0 saturated heterocycles. The van der Waals surface area contributed by atoms with Gasteiger partial charge in [-0.15, -0.1) is 0 Å². The molecule has 1 saturated carbocycles. The Morgan fingerprint density at radius 3 is 2.94 bits per heavy atom. The Balaban J connectivity index is 2.25. The summed E-state index contributed by atoms with van der Waals surface area (Å²) >= 11 is 6.05. The Bertz CT molecular complexity index is 466. The molecule has 0 aliphatic heterocycles. The van der Waals surface area contributed by atoms with E-state index in [0.717, 1.165) is 24.8 Å². The van der Waals surface area contributed by atoms with E-state index in [4.69, 9.17) is 11.6 Å². The molecule has 0 bridgehead atoms. The molecule has 0 heterocycles. The molecule has 17 heavy (non-hydrogen) atoms. The van der Waals surface area contributed by atoms with Gasteiger partial charge in [-0.25, -0.2) is 4.39 Å².